The van der Waals surface area contributed by atoms with Crippen molar-refractivity contribution in [2.75, 3.05) is 40.0 Å². The summed E-state index contributed by atoms with van der Waals surface area (Å²) >= 11 is 6.54. The average Bonchev–Trinajstić information content (AvgIpc) is 2.95. The number of urea groups is 1. The largest absolute Gasteiger partial charge is 0.493 e. The summed E-state index contributed by atoms with van der Waals surface area (Å²) in [7, 11) is 1.59. The fraction of sp³-hybridized carbons (Fsp3) is 0.531. The van der Waals surface area contributed by atoms with Crippen molar-refractivity contribution in [1.29, 1.82) is 0 Å². The van der Waals surface area contributed by atoms with E-state index in [2.05, 4.69) is 15.6 Å². The smallest absolute Gasteiger partial charge is 0.319 e. The number of nitrogens with one attached hydrogen (secondary N) is 2. The molecule has 3 heterocycles. The van der Waals surface area contributed by atoms with E-state index in [-0.39, 0.29) is 18.0 Å². The number of amides is 3. The number of piperidine rings is 1. The third kappa shape index (κ3) is 7.36. The summed E-state index contributed by atoms with van der Waals surface area (Å²) in [6, 6.07) is 5.17. The Morgan fingerprint density at radius 3 is 2.58 bits per heavy atom. The Morgan fingerprint density at radius 2 is 1.93 bits per heavy atom. The molecule has 0 bridgehead atoms. The number of hydrogen-bond donors (Lipinski definition) is 2. The molecule has 1 spiro atoms. The van der Waals surface area contributed by atoms with E-state index in [1.54, 1.807) is 25.4 Å². The van der Waals surface area contributed by atoms with Crippen LogP contribution in [0.2, 0.25) is 0 Å². The molecule has 0 saturated carbocycles. The maximum Gasteiger partial charge on any atom is 0.319 e. The number of pyridine rings is 1. The molecule has 0 unspecified atom stereocenters. The molecule has 1 aliphatic carbocycles. The van der Waals surface area contributed by atoms with Crippen molar-refractivity contribution < 1.29 is 28.5 Å². The van der Waals surface area contributed by atoms with Crippen LogP contribution in [0.15, 0.2) is 47.3 Å². The molecule has 11 heteroatoms. The van der Waals surface area contributed by atoms with Gasteiger partial charge in [0, 0.05) is 55.0 Å². The average molecular weight is 613 g/mol. The van der Waals surface area contributed by atoms with Gasteiger partial charge in [0.25, 0.3) is 0 Å². The van der Waals surface area contributed by atoms with E-state index in [9.17, 15) is 9.59 Å². The highest BCUT2D eigenvalue weighted by atomic mass is 35.5. The molecular weight excluding hydrogens is 572 g/mol. The number of carbonyl (C=O) groups excluding carboxylic acids is 2. The molecule has 5 rings (SSSR count). The number of allylic oxidation sites excluding steroid dienone is 1. The van der Waals surface area contributed by atoms with Crippen LogP contribution in [0.1, 0.15) is 52.9 Å². The highest BCUT2D eigenvalue weighted by molar-refractivity contribution is 6.32. The summed E-state index contributed by atoms with van der Waals surface area (Å²) < 4.78 is 23.6. The van der Waals surface area contributed by atoms with Gasteiger partial charge in [-0.2, -0.15) is 0 Å². The number of fused-ring (bicyclic) bond motifs is 1. The lowest BCUT2D eigenvalue weighted by molar-refractivity contribution is -0.153. The lowest BCUT2D eigenvalue weighted by atomic mass is 9.77. The number of halogens is 1. The molecule has 43 heavy (non-hydrogen) atoms. The monoisotopic (exact) mass is 612 g/mol. The fourth-order valence-corrected chi connectivity index (χ4v) is 5.98. The third-order valence-corrected chi connectivity index (χ3v) is 8.50. The second kappa shape index (κ2) is 13.0. The molecule has 2 N–H and O–H groups in total. The van der Waals surface area contributed by atoms with Crippen LogP contribution < -0.4 is 24.8 Å². The van der Waals surface area contributed by atoms with Crippen LogP contribution >= 0.6 is 11.6 Å². The van der Waals surface area contributed by atoms with E-state index in [1.165, 1.54) is 0 Å². The van der Waals surface area contributed by atoms with Gasteiger partial charge in [-0.3, -0.25) is 9.78 Å². The molecule has 1 atom stereocenters. The zero-order chi connectivity index (χ0) is 30.6. The predicted octanol–water partition coefficient (Wildman–Crippen LogP) is 5.30. The second-order valence-electron chi connectivity index (χ2n) is 12.1. The van der Waals surface area contributed by atoms with Crippen LogP contribution in [-0.4, -0.2) is 73.5 Å². The lowest BCUT2D eigenvalue weighted by Gasteiger charge is -2.47. The Balaban J connectivity index is 1.19. The molecule has 1 aromatic carbocycles. The second-order valence-corrected chi connectivity index (χ2v) is 12.5. The number of hydrogen-bond acceptors (Lipinski definition) is 7. The van der Waals surface area contributed by atoms with Crippen molar-refractivity contribution >= 4 is 34.4 Å². The Hall–Kier alpha value is -3.50. The first kappa shape index (κ1) is 30.9. The van der Waals surface area contributed by atoms with Gasteiger partial charge in [0.2, 0.25) is 5.91 Å². The number of nitrogens with zero attached hydrogens (tertiary/aromatic N) is 2. The first-order chi connectivity index (χ1) is 20.6. The van der Waals surface area contributed by atoms with Gasteiger partial charge < -0.3 is 34.5 Å². The molecule has 2 fully saturated rings. The summed E-state index contributed by atoms with van der Waals surface area (Å²) in [6.45, 7) is 9.38. The van der Waals surface area contributed by atoms with Crippen molar-refractivity contribution in [3.05, 3.63) is 47.3 Å². The molecule has 2 aromatic rings. The summed E-state index contributed by atoms with van der Waals surface area (Å²) in [5.74, 6) is 1.89. The molecule has 3 amide bonds. The maximum atomic E-state index is 12.7. The van der Waals surface area contributed by atoms with Crippen LogP contribution in [0, 0.1) is 5.41 Å². The predicted molar refractivity (Wildman–Crippen MR) is 165 cm³/mol. The number of aromatic nitrogens is 1. The van der Waals surface area contributed by atoms with E-state index in [0.717, 1.165) is 44.5 Å². The van der Waals surface area contributed by atoms with Crippen LogP contribution in [0.3, 0.4) is 0 Å². The summed E-state index contributed by atoms with van der Waals surface area (Å²) in [6.07, 6.45) is 8.93. The minimum Gasteiger partial charge on any atom is -0.493 e. The van der Waals surface area contributed by atoms with Gasteiger partial charge in [0.15, 0.2) is 11.5 Å². The topological polar surface area (TPSA) is 111 Å². The van der Waals surface area contributed by atoms with Gasteiger partial charge >= 0.3 is 6.03 Å². The molecule has 3 aliphatic rings. The molecule has 2 aliphatic heterocycles. The normalized spacial score (nSPS) is 21.1. The number of methoxy groups -OCH3 is 1. The minimum absolute atomic E-state index is 0.00760. The van der Waals surface area contributed by atoms with Gasteiger partial charge in [-0.05, 0) is 58.2 Å². The van der Waals surface area contributed by atoms with Crippen molar-refractivity contribution in [1.82, 2.24) is 20.5 Å². The molecule has 232 valence electrons. The number of carbonyl (C=O) groups is 2. The highest BCUT2D eigenvalue weighted by Gasteiger charge is 2.41. The SMILES string of the molecule is COc1cc2c(O[C@@]3(C)C=C(Cl)C(NC(=O)NC(C)C)=CC3)ccnc2cc1OCCCC(=O)N1CCC2(CC1)COC2. The zero-order valence-corrected chi connectivity index (χ0v) is 26.1. The van der Waals surface area contributed by atoms with Crippen molar-refractivity contribution in [3.63, 3.8) is 0 Å². The van der Waals surface area contributed by atoms with Gasteiger partial charge in [-0.15, -0.1) is 0 Å². The van der Waals surface area contributed by atoms with E-state index >= 15 is 0 Å². The first-order valence-corrected chi connectivity index (χ1v) is 15.3. The fourth-order valence-electron chi connectivity index (χ4n) is 5.62. The van der Waals surface area contributed by atoms with Gasteiger partial charge in [0.1, 0.15) is 11.4 Å². The van der Waals surface area contributed by atoms with Crippen molar-refractivity contribution in [2.45, 2.75) is 64.5 Å². The van der Waals surface area contributed by atoms with Crippen LogP contribution in [-0.2, 0) is 9.53 Å². The third-order valence-electron chi connectivity index (χ3n) is 8.18. The van der Waals surface area contributed by atoms with Crippen LogP contribution in [0.25, 0.3) is 10.9 Å². The van der Waals surface area contributed by atoms with Gasteiger partial charge in [-0.1, -0.05) is 17.7 Å². The van der Waals surface area contributed by atoms with Crippen LogP contribution in [0.5, 0.6) is 17.2 Å². The lowest BCUT2D eigenvalue weighted by Crippen LogP contribution is -2.52. The summed E-state index contributed by atoms with van der Waals surface area (Å²) in [5, 5.41) is 6.74. The summed E-state index contributed by atoms with van der Waals surface area (Å²) in [4.78, 5) is 31.4. The Bertz CT molecular complexity index is 1410. The Kier molecular flexibility index (Phi) is 9.36. The first-order valence-electron chi connectivity index (χ1n) is 14.9. The van der Waals surface area contributed by atoms with Crippen molar-refractivity contribution in [2.24, 2.45) is 5.41 Å². The zero-order valence-electron chi connectivity index (χ0n) is 25.3. The van der Waals surface area contributed by atoms with Crippen molar-refractivity contribution in [3.8, 4) is 17.2 Å². The van der Waals surface area contributed by atoms with Gasteiger partial charge in [0.05, 0.1) is 43.2 Å². The van der Waals surface area contributed by atoms with E-state index < -0.39 is 5.60 Å². The Morgan fingerprint density at radius 1 is 1.16 bits per heavy atom. The summed E-state index contributed by atoms with van der Waals surface area (Å²) in [5.41, 5.74) is 0.789. The molecule has 1 aromatic heterocycles. The standard InChI is InChI=1S/C32H41ClN4O6/c1-21(2)35-30(39)36-24-7-9-31(3,18-23(24)33)43-26-8-12-34-25-17-28(27(40-4)16-22(25)26)42-15-5-6-29(38)37-13-10-32(11-14-37)19-41-20-32/h7-8,12,16-18,21H,5-6,9-11,13-15,19-20H2,1-4H3,(H2,35,36,39)/t31-/m1/s1. The number of ether oxygens (including phenoxy) is 4. The molecule has 0 radical (unpaired) electrons. The maximum absolute atomic E-state index is 12.7. The molecular formula is C32H41ClN4O6. The highest BCUT2D eigenvalue weighted by Crippen LogP contribution is 2.40. The quantitative estimate of drug-likeness (QED) is 0.350. The van der Waals surface area contributed by atoms with E-state index in [0.29, 0.717) is 64.8 Å². The Labute approximate surface area is 257 Å². The van der Waals surface area contributed by atoms with E-state index in [1.807, 2.05) is 43.9 Å². The minimum atomic E-state index is -0.749. The van der Waals surface area contributed by atoms with Gasteiger partial charge in [-0.25, -0.2) is 4.79 Å². The van der Waals surface area contributed by atoms with Crippen LogP contribution in [0.4, 0.5) is 4.79 Å². The number of likely N-dealkylation sites (tertiary alicyclic amines) is 1. The van der Waals surface area contributed by atoms with E-state index in [4.69, 9.17) is 30.5 Å². The number of benzene rings is 1. The number of rotatable bonds is 10. The molecule has 2 saturated heterocycles. The molecule has 10 nitrogen and oxygen atoms in total.